The standard InChI is InChI=1S/C30H30N2O4.ClH/c1-20-16-23(14-15-28(20)35-19-30(33)34)32-18-24(36-29-13-6-5-12-27(29)32)17-31-21(2)25-11-7-9-22-8-3-4-10-26(22)25;/h3-16,21,24,31H,17-19H2,1-2H3,(H,33,34);1H/t21-,24?;/m1./s1. The topological polar surface area (TPSA) is 71.0 Å². The Morgan fingerprint density at radius 3 is 2.65 bits per heavy atom. The molecular formula is C30H31ClN2O4. The quantitative estimate of drug-likeness (QED) is 0.286. The van der Waals surface area contributed by atoms with Gasteiger partial charge >= 0.3 is 5.97 Å². The second-order valence-corrected chi connectivity index (χ2v) is 9.15. The third-order valence-electron chi connectivity index (χ3n) is 6.60. The Bertz CT molecular complexity index is 1390. The Kier molecular flexibility index (Phi) is 8.21. The number of nitrogens with zero attached hydrogens (tertiary/aromatic N) is 1. The fourth-order valence-corrected chi connectivity index (χ4v) is 4.80. The van der Waals surface area contributed by atoms with Crippen LogP contribution in [-0.2, 0) is 4.79 Å². The largest absolute Gasteiger partial charge is 0.485 e. The SMILES string of the molecule is Cc1cc(N2CC(CN[C@H](C)c3cccc4ccccc34)Oc3ccccc32)ccc1OCC(=O)O.Cl. The maximum atomic E-state index is 10.9. The monoisotopic (exact) mass is 518 g/mol. The van der Waals surface area contributed by atoms with Crippen molar-refractivity contribution < 1.29 is 19.4 Å². The molecule has 1 aliphatic rings. The number of halogens is 1. The van der Waals surface area contributed by atoms with Gasteiger partial charge in [-0.2, -0.15) is 0 Å². The average molecular weight is 519 g/mol. The van der Waals surface area contributed by atoms with Gasteiger partial charge in [0.15, 0.2) is 6.61 Å². The van der Waals surface area contributed by atoms with E-state index in [1.54, 1.807) is 0 Å². The van der Waals surface area contributed by atoms with Gasteiger partial charge in [0.05, 0.1) is 12.2 Å². The zero-order chi connectivity index (χ0) is 25.1. The van der Waals surface area contributed by atoms with Crippen molar-refractivity contribution in [2.75, 3.05) is 24.6 Å². The van der Waals surface area contributed by atoms with E-state index in [0.29, 0.717) is 18.8 Å². The molecule has 4 aromatic carbocycles. The van der Waals surface area contributed by atoms with E-state index in [1.807, 2.05) is 43.3 Å². The molecule has 0 fully saturated rings. The molecule has 37 heavy (non-hydrogen) atoms. The number of carboxylic acids is 1. The lowest BCUT2D eigenvalue weighted by Crippen LogP contribution is -2.44. The number of hydrogen-bond acceptors (Lipinski definition) is 5. The van der Waals surface area contributed by atoms with Crippen LogP contribution in [0, 0.1) is 6.92 Å². The van der Waals surface area contributed by atoms with Crippen LogP contribution < -0.4 is 19.7 Å². The first-order chi connectivity index (χ1) is 17.5. The van der Waals surface area contributed by atoms with Crippen LogP contribution in [0.15, 0.2) is 84.9 Å². The number of ether oxygens (including phenoxy) is 2. The van der Waals surface area contributed by atoms with Crippen molar-refractivity contribution in [1.82, 2.24) is 5.32 Å². The number of anilines is 2. The molecule has 0 radical (unpaired) electrons. The lowest BCUT2D eigenvalue weighted by molar-refractivity contribution is -0.139. The summed E-state index contributed by atoms with van der Waals surface area (Å²) in [5.74, 6) is 0.427. The van der Waals surface area contributed by atoms with E-state index in [-0.39, 0.29) is 31.2 Å². The molecule has 4 aromatic rings. The normalized spacial score (nSPS) is 15.3. The summed E-state index contributed by atoms with van der Waals surface area (Å²) in [6, 6.07) is 28.9. The van der Waals surface area contributed by atoms with Crippen LogP contribution in [0.25, 0.3) is 10.8 Å². The van der Waals surface area contributed by atoms with Gasteiger partial charge in [0.25, 0.3) is 0 Å². The molecule has 0 aromatic heterocycles. The van der Waals surface area contributed by atoms with Crippen molar-refractivity contribution in [3.8, 4) is 11.5 Å². The number of benzene rings is 4. The molecule has 2 atom stereocenters. The van der Waals surface area contributed by atoms with Crippen molar-refractivity contribution in [2.45, 2.75) is 26.0 Å². The van der Waals surface area contributed by atoms with Gasteiger partial charge in [-0.05, 0) is 66.1 Å². The van der Waals surface area contributed by atoms with Crippen LogP contribution in [0.4, 0.5) is 11.4 Å². The molecule has 1 heterocycles. The summed E-state index contributed by atoms with van der Waals surface area (Å²) in [6.07, 6.45) is -0.0550. The summed E-state index contributed by atoms with van der Waals surface area (Å²) in [4.78, 5) is 13.1. The van der Waals surface area contributed by atoms with Crippen molar-refractivity contribution >= 4 is 40.5 Å². The van der Waals surface area contributed by atoms with Crippen molar-refractivity contribution in [2.24, 2.45) is 0 Å². The summed E-state index contributed by atoms with van der Waals surface area (Å²) in [6.45, 7) is 5.13. The van der Waals surface area contributed by atoms with Gasteiger partial charge in [-0.25, -0.2) is 4.79 Å². The molecule has 2 N–H and O–H groups in total. The van der Waals surface area contributed by atoms with E-state index in [4.69, 9.17) is 14.6 Å². The number of para-hydroxylation sites is 2. The van der Waals surface area contributed by atoms with Crippen LogP contribution in [0.1, 0.15) is 24.1 Å². The number of carboxylic acid groups (broad SMARTS) is 1. The van der Waals surface area contributed by atoms with Crippen LogP contribution >= 0.6 is 12.4 Å². The Morgan fingerprint density at radius 2 is 1.84 bits per heavy atom. The fraction of sp³-hybridized carbons (Fsp3) is 0.233. The van der Waals surface area contributed by atoms with Gasteiger partial charge in [-0.1, -0.05) is 54.6 Å². The summed E-state index contributed by atoms with van der Waals surface area (Å²) >= 11 is 0. The van der Waals surface area contributed by atoms with E-state index in [2.05, 4.69) is 65.7 Å². The van der Waals surface area contributed by atoms with Crippen molar-refractivity contribution in [3.63, 3.8) is 0 Å². The van der Waals surface area contributed by atoms with Gasteiger partial charge in [0.1, 0.15) is 17.6 Å². The number of rotatable bonds is 8. The minimum Gasteiger partial charge on any atom is -0.485 e. The number of carbonyl (C=O) groups is 1. The molecule has 1 aliphatic heterocycles. The number of aryl methyl sites for hydroxylation is 1. The Labute approximate surface area is 223 Å². The maximum absolute atomic E-state index is 10.9. The maximum Gasteiger partial charge on any atom is 0.341 e. The molecule has 0 bridgehead atoms. The lowest BCUT2D eigenvalue weighted by atomic mass is 9.99. The third kappa shape index (κ3) is 5.82. The van der Waals surface area contributed by atoms with E-state index >= 15 is 0 Å². The number of aliphatic carboxylic acids is 1. The third-order valence-corrected chi connectivity index (χ3v) is 6.60. The Morgan fingerprint density at radius 1 is 1.08 bits per heavy atom. The van der Waals surface area contributed by atoms with Gasteiger partial charge in [-0.3, -0.25) is 0 Å². The molecule has 5 rings (SSSR count). The average Bonchev–Trinajstić information content (AvgIpc) is 2.90. The Balaban J connectivity index is 0.00000320. The summed E-state index contributed by atoms with van der Waals surface area (Å²) in [7, 11) is 0. The highest BCUT2D eigenvalue weighted by atomic mass is 35.5. The number of hydrogen-bond donors (Lipinski definition) is 2. The molecule has 0 amide bonds. The zero-order valence-corrected chi connectivity index (χ0v) is 21.7. The highest BCUT2D eigenvalue weighted by Gasteiger charge is 2.27. The first kappa shape index (κ1) is 26.3. The van der Waals surface area contributed by atoms with E-state index < -0.39 is 5.97 Å². The van der Waals surface area contributed by atoms with Crippen LogP contribution in [-0.4, -0.2) is 36.9 Å². The van der Waals surface area contributed by atoms with Crippen LogP contribution in [0.3, 0.4) is 0 Å². The van der Waals surface area contributed by atoms with Crippen molar-refractivity contribution in [3.05, 3.63) is 96.1 Å². The molecule has 7 heteroatoms. The molecule has 192 valence electrons. The summed E-state index contributed by atoms with van der Waals surface area (Å²) < 4.78 is 11.8. The van der Waals surface area contributed by atoms with E-state index in [9.17, 15) is 4.79 Å². The van der Waals surface area contributed by atoms with Crippen LogP contribution in [0.2, 0.25) is 0 Å². The van der Waals surface area contributed by atoms with Crippen molar-refractivity contribution in [1.29, 1.82) is 0 Å². The molecular weight excluding hydrogens is 488 g/mol. The molecule has 0 aliphatic carbocycles. The predicted octanol–water partition coefficient (Wildman–Crippen LogP) is 6.28. The second-order valence-electron chi connectivity index (χ2n) is 9.15. The van der Waals surface area contributed by atoms with Crippen LogP contribution in [0.5, 0.6) is 11.5 Å². The second kappa shape index (κ2) is 11.5. The lowest BCUT2D eigenvalue weighted by Gasteiger charge is -2.37. The molecule has 1 unspecified atom stereocenters. The van der Waals surface area contributed by atoms with E-state index in [1.165, 1.54) is 16.3 Å². The minimum atomic E-state index is -0.992. The van der Waals surface area contributed by atoms with Gasteiger partial charge in [-0.15, -0.1) is 12.4 Å². The molecule has 6 nitrogen and oxygen atoms in total. The smallest absolute Gasteiger partial charge is 0.341 e. The molecule has 0 saturated carbocycles. The summed E-state index contributed by atoms with van der Waals surface area (Å²) in [5, 5.41) is 15.1. The number of nitrogens with one attached hydrogen (secondary N) is 1. The predicted molar refractivity (Wildman–Crippen MR) is 150 cm³/mol. The highest BCUT2D eigenvalue weighted by Crippen LogP contribution is 2.39. The number of fused-ring (bicyclic) bond motifs is 2. The highest BCUT2D eigenvalue weighted by molar-refractivity contribution is 5.86. The Hall–Kier alpha value is -3.74. The first-order valence-corrected chi connectivity index (χ1v) is 12.2. The van der Waals surface area contributed by atoms with E-state index in [0.717, 1.165) is 22.7 Å². The zero-order valence-electron chi connectivity index (χ0n) is 20.9. The van der Waals surface area contributed by atoms with Gasteiger partial charge < -0.3 is 24.8 Å². The van der Waals surface area contributed by atoms with Gasteiger partial charge in [0.2, 0.25) is 0 Å². The molecule has 0 saturated heterocycles. The van der Waals surface area contributed by atoms with Gasteiger partial charge in [0, 0.05) is 18.3 Å². The minimum absolute atomic E-state index is 0. The first-order valence-electron chi connectivity index (χ1n) is 12.2. The fourth-order valence-electron chi connectivity index (χ4n) is 4.80. The molecule has 0 spiro atoms. The summed E-state index contributed by atoms with van der Waals surface area (Å²) in [5.41, 5.74) is 4.18.